The fourth-order valence-corrected chi connectivity index (χ4v) is 1.97. The molecule has 0 radical (unpaired) electrons. The summed E-state index contributed by atoms with van der Waals surface area (Å²) in [6.45, 7) is 0.115. The van der Waals surface area contributed by atoms with Crippen molar-refractivity contribution in [2.45, 2.75) is 6.29 Å². The smallest absolute Gasteiger partial charge is 0.264 e. The average molecular weight is 338 g/mol. The van der Waals surface area contributed by atoms with Crippen LogP contribution in [-0.4, -0.2) is 42.9 Å². The lowest BCUT2D eigenvalue weighted by Crippen LogP contribution is -2.36. The molecule has 23 heavy (non-hydrogen) atoms. The molecular formula is C15H16ClN3O4. The minimum atomic E-state index is -0.584. The number of hydrogen-bond acceptors (Lipinski definition) is 5. The van der Waals surface area contributed by atoms with E-state index in [2.05, 4.69) is 15.3 Å². The highest BCUT2D eigenvalue weighted by Gasteiger charge is 2.14. The maximum absolute atomic E-state index is 12.1. The van der Waals surface area contributed by atoms with Crippen LogP contribution in [0.3, 0.4) is 0 Å². The van der Waals surface area contributed by atoms with Gasteiger partial charge in [-0.2, -0.15) is 0 Å². The molecule has 0 aliphatic rings. The van der Waals surface area contributed by atoms with Gasteiger partial charge < -0.3 is 19.8 Å². The van der Waals surface area contributed by atoms with Gasteiger partial charge in [-0.25, -0.2) is 4.98 Å². The molecule has 1 amide bonds. The van der Waals surface area contributed by atoms with Crippen LogP contribution < -0.4 is 10.9 Å². The van der Waals surface area contributed by atoms with Crippen LogP contribution in [0.2, 0.25) is 5.02 Å². The molecule has 7 nitrogen and oxygen atoms in total. The number of halogens is 1. The van der Waals surface area contributed by atoms with E-state index in [1.54, 1.807) is 24.3 Å². The third-order valence-corrected chi connectivity index (χ3v) is 3.37. The Kier molecular flexibility index (Phi) is 5.86. The Morgan fingerprint density at radius 2 is 1.96 bits per heavy atom. The van der Waals surface area contributed by atoms with Gasteiger partial charge in [-0.1, -0.05) is 11.6 Å². The molecule has 1 aromatic carbocycles. The third kappa shape index (κ3) is 4.38. The Balaban J connectivity index is 2.14. The molecule has 0 atom stereocenters. The second kappa shape index (κ2) is 7.87. The van der Waals surface area contributed by atoms with Gasteiger partial charge in [-0.05, 0) is 24.3 Å². The predicted molar refractivity (Wildman–Crippen MR) is 85.4 cm³/mol. The van der Waals surface area contributed by atoms with Gasteiger partial charge in [-0.15, -0.1) is 0 Å². The molecule has 2 rings (SSSR count). The van der Waals surface area contributed by atoms with Gasteiger partial charge in [0.2, 0.25) is 0 Å². The monoisotopic (exact) mass is 337 g/mol. The van der Waals surface area contributed by atoms with E-state index < -0.39 is 17.8 Å². The Morgan fingerprint density at radius 1 is 1.30 bits per heavy atom. The van der Waals surface area contributed by atoms with E-state index >= 15 is 0 Å². The Morgan fingerprint density at radius 3 is 2.52 bits per heavy atom. The molecule has 0 saturated heterocycles. The van der Waals surface area contributed by atoms with E-state index in [4.69, 9.17) is 21.1 Å². The summed E-state index contributed by atoms with van der Waals surface area (Å²) < 4.78 is 9.91. The number of nitrogens with zero attached hydrogens (tertiary/aromatic N) is 1. The summed E-state index contributed by atoms with van der Waals surface area (Å²) in [6.07, 6.45) is 0.645. The molecule has 122 valence electrons. The normalized spacial score (nSPS) is 10.8. The molecule has 0 aliphatic carbocycles. The number of aromatic amines is 1. The van der Waals surface area contributed by atoms with Crippen LogP contribution in [0.25, 0.3) is 11.4 Å². The summed E-state index contributed by atoms with van der Waals surface area (Å²) in [5.74, 6) is -0.199. The van der Waals surface area contributed by atoms with Crippen molar-refractivity contribution in [2.75, 3.05) is 20.8 Å². The molecule has 0 spiro atoms. The van der Waals surface area contributed by atoms with E-state index in [9.17, 15) is 9.59 Å². The number of H-pyrrole nitrogens is 1. The zero-order valence-electron chi connectivity index (χ0n) is 12.6. The van der Waals surface area contributed by atoms with Crippen molar-refractivity contribution in [3.63, 3.8) is 0 Å². The molecular weight excluding hydrogens is 322 g/mol. The van der Waals surface area contributed by atoms with E-state index in [1.807, 2.05) is 0 Å². The van der Waals surface area contributed by atoms with E-state index in [0.29, 0.717) is 16.4 Å². The number of nitrogens with one attached hydrogen (secondary N) is 2. The second-order valence-corrected chi connectivity index (χ2v) is 5.03. The van der Waals surface area contributed by atoms with E-state index in [0.717, 1.165) is 0 Å². The maximum atomic E-state index is 12.1. The molecule has 2 N–H and O–H groups in total. The average Bonchev–Trinajstić information content (AvgIpc) is 2.56. The lowest BCUT2D eigenvalue weighted by molar-refractivity contribution is -0.0974. The minimum Gasteiger partial charge on any atom is -0.354 e. The van der Waals surface area contributed by atoms with Crippen molar-refractivity contribution in [1.82, 2.24) is 15.3 Å². The largest absolute Gasteiger partial charge is 0.354 e. The van der Waals surface area contributed by atoms with Crippen LogP contribution in [0.5, 0.6) is 0 Å². The summed E-state index contributed by atoms with van der Waals surface area (Å²) in [4.78, 5) is 30.7. The number of amides is 1. The molecule has 0 aliphatic heterocycles. The number of carbonyl (C=O) groups is 1. The van der Waals surface area contributed by atoms with Crippen LogP contribution in [-0.2, 0) is 9.47 Å². The van der Waals surface area contributed by atoms with Crippen molar-refractivity contribution in [2.24, 2.45) is 0 Å². The van der Waals surface area contributed by atoms with Gasteiger partial charge in [0.15, 0.2) is 6.29 Å². The van der Waals surface area contributed by atoms with Gasteiger partial charge in [0.25, 0.3) is 11.5 Å². The van der Waals surface area contributed by atoms with Gasteiger partial charge in [0, 0.05) is 31.0 Å². The molecule has 0 bridgehead atoms. The highest BCUT2D eigenvalue weighted by molar-refractivity contribution is 6.30. The number of methoxy groups -OCH3 is 2. The standard InChI is InChI=1S/C15H16ClN3O4/c1-22-12(23-2)8-18-14(20)11-7-17-13(19-15(11)21)9-3-5-10(16)6-4-9/h3-7,12H,8H2,1-2H3,(H,18,20)(H,17,19,21). The van der Waals surface area contributed by atoms with E-state index in [-0.39, 0.29) is 12.1 Å². The minimum absolute atomic E-state index is 0.0892. The number of carbonyl (C=O) groups excluding carboxylic acids is 1. The fraction of sp³-hybridized carbons (Fsp3) is 0.267. The number of benzene rings is 1. The van der Waals surface area contributed by atoms with Crippen LogP contribution >= 0.6 is 11.6 Å². The maximum Gasteiger partial charge on any atom is 0.264 e. The Hall–Kier alpha value is -2.22. The van der Waals surface area contributed by atoms with Crippen molar-refractivity contribution >= 4 is 17.5 Å². The SMILES string of the molecule is COC(CNC(=O)c1cnc(-c2ccc(Cl)cc2)[nH]c1=O)OC. The van der Waals surface area contributed by atoms with Crippen LogP contribution in [0, 0.1) is 0 Å². The van der Waals surface area contributed by atoms with Gasteiger partial charge >= 0.3 is 0 Å². The van der Waals surface area contributed by atoms with Gasteiger partial charge in [0.1, 0.15) is 11.4 Å². The van der Waals surface area contributed by atoms with E-state index in [1.165, 1.54) is 20.4 Å². The summed E-state index contributed by atoms with van der Waals surface area (Å²) in [7, 11) is 2.91. The zero-order chi connectivity index (χ0) is 16.8. The van der Waals surface area contributed by atoms with Crippen LogP contribution in [0.1, 0.15) is 10.4 Å². The first-order chi connectivity index (χ1) is 11.0. The summed E-state index contributed by atoms with van der Waals surface area (Å²) >= 11 is 5.82. The van der Waals surface area contributed by atoms with Crippen molar-refractivity contribution in [3.05, 3.63) is 51.4 Å². The Labute approximate surface area is 137 Å². The van der Waals surface area contributed by atoms with Crippen LogP contribution in [0.4, 0.5) is 0 Å². The highest BCUT2D eigenvalue weighted by Crippen LogP contribution is 2.16. The summed E-state index contributed by atoms with van der Waals surface area (Å²) in [5.41, 5.74) is 0.0693. The van der Waals surface area contributed by atoms with Crippen molar-refractivity contribution in [3.8, 4) is 11.4 Å². The molecule has 0 fully saturated rings. The first-order valence-corrected chi connectivity index (χ1v) is 7.12. The molecule has 0 unspecified atom stereocenters. The van der Waals surface area contributed by atoms with Crippen molar-refractivity contribution < 1.29 is 14.3 Å². The van der Waals surface area contributed by atoms with Gasteiger partial charge in [-0.3, -0.25) is 9.59 Å². The first kappa shape index (κ1) is 17.1. The Bertz CT molecular complexity index is 726. The number of aromatic nitrogens is 2. The molecule has 0 saturated carbocycles. The third-order valence-electron chi connectivity index (χ3n) is 3.12. The quantitative estimate of drug-likeness (QED) is 0.778. The van der Waals surface area contributed by atoms with Gasteiger partial charge in [0.05, 0.1) is 6.54 Å². The fourth-order valence-electron chi connectivity index (χ4n) is 1.85. The van der Waals surface area contributed by atoms with Crippen LogP contribution in [0.15, 0.2) is 35.3 Å². The molecule has 1 aromatic heterocycles. The highest BCUT2D eigenvalue weighted by atomic mass is 35.5. The predicted octanol–water partition coefficient (Wildman–Crippen LogP) is 1.44. The number of hydrogen-bond donors (Lipinski definition) is 2. The molecule has 2 aromatic rings. The summed E-state index contributed by atoms with van der Waals surface area (Å²) in [5, 5.41) is 3.12. The van der Waals surface area contributed by atoms with Crippen molar-refractivity contribution in [1.29, 1.82) is 0 Å². The summed E-state index contributed by atoms with van der Waals surface area (Å²) in [6, 6.07) is 6.82. The number of rotatable bonds is 6. The molecule has 1 heterocycles. The lowest BCUT2D eigenvalue weighted by Gasteiger charge is -2.13. The lowest BCUT2D eigenvalue weighted by atomic mass is 10.2. The first-order valence-electron chi connectivity index (χ1n) is 6.74. The zero-order valence-corrected chi connectivity index (χ0v) is 13.4. The second-order valence-electron chi connectivity index (χ2n) is 4.59. The number of ether oxygens (including phenoxy) is 2. The molecule has 8 heteroatoms. The topological polar surface area (TPSA) is 93.3 Å².